The summed E-state index contributed by atoms with van der Waals surface area (Å²) in [6, 6.07) is 2.14. The Morgan fingerprint density at radius 3 is 2.48 bits per heavy atom. The molecule has 5 nitrogen and oxygen atoms in total. The minimum Gasteiger partial charge on any atom is -0.311 e. The molecule has 0 bridgehead atoms. The summed E-state index contributed by atoms with van der Waals surface area (Å²) in [6.07, 6.45) is 5.50. The van der Waals surface area contributed by atoms with Crippen molar-refractivity contribution in [3.05, 3.63) is 35.5 Å². The highest BCUT2D eigenvalue weighted by Crippen LogP contribution is 2.11. The molecule has 0 unspecified atom stereocenters. The van der Waals surface area contributed by atoms with Crippen molar-refractivity contribution in [2.45, 2.75) is 47.1 Å². The fourth-order valence-corrected chi connectivity index (χ4v) is 2.14. The van der Waals surface area contributed by atoms with Crippen molar-refractivity contribution in [1.29, 1.82) is 0 Å². The molecule has 2 aromatic heterocycles. The molecule has 2 rings (SSSR count). The van der Waals surface area contributed by atoms with E-state index in [2.05, 4.69) is 54.1 Å². The second kappa shape index (κ2) is 7.31. The van der Waals surface area contributed by atoms with Gasteiger partial charge in [-0.15, -0.1) is 0 Å². The maximum atomic E-state index is 4.58. The van der Waals surface area contributed by atoms with Crippen LogP contribution in [0.3, 0.4) is 0 Å². The molecular formula is C16H25N5. The molecule has 5 heteroatoms. The van der Waals surface area contributed by atoms with E-state index in [1.807, 2.05) is 10.9 Å². The van der Waals surface area contributed by atoms with E-state index < -0.39 is 0 Å². The number of nitrogens with one attached hydrogen (secondary N) is 1. The Morgan fingerprint density at radius 2 is 1.90 bits per heavy atom. The van der Waals surface area contributed by atoms with Gasteiger partial charge in [0.25, 0.3) is 0 Å². The molecule has 0 aliphatic rings. The van der Waals surface area contributed by atoms with Gasteiger partial charge < -0.3 is 5.32 Å². The van der Waals surface area contributed by atoms with Gasteiger partial charge in [0.2, 0.25) is 0 Å². The summed E-state index contributed by atoms with van der Waals surface area (Å²) >= 11 is 0. The van der Waals surface area contributed by atoms with Gasteiger partial charge in [-0.25, -0.2) is 9.67 Å². The fourth-order valence-electron chi connectivity index (χ4n) is 2.14. The molecule has 0 saturated carbocycles. The van der Waals surface area contributed by atoms with E-state index in [1.54, 1.807) is 6.20 Å². The smallest absolute Gasteiger partial charge is 0.172 e. The van der Waals surface area contributed by atoms with Crippen molar-refractivity contribution in [2.75, 3.05) is 6.54 Å². The quantitative estimate of drug-likeness (QED) is 0.850. The van der Waals surface area contributed by atoms with Crippen LogP contribution in [0.4, 0.5) is 0 Å². The fraction of sp³-hybridized carbons (Fsp3) is 0.562. The summed E-state index contributed by atoms with van der Waals surface area (Å²) in [7, 11) is 0. The Morgan fingerprint density at radius 1 is 1.10 bits per heavy atom. The number of hydrogen-bond acceptors (Lipinski definition) is 4. The average Bonchev–Trinajstić information content (AvgIpc) is 2.91. The molecule has 0 radical (unpaired) electrons. The van der Waals surface area contributed by atoms with Crippen LogP contribution >= 0.6 is 0 Å². The minimum atomic E-state index is 0.640. The zero-order valence-corrected chi connectivity index (χ0v) is 13.4. The molecular weight excluding hydrogens is 262 g/mol. The molecule has 0 aliphatic carbocycles. The highest BCUT2D eigenvalue weighted by molar-refractivity contribution is 5.24. The third kappa shape index (κ3) is 4.11. The second-order valence-corrected chi connectivity index (χ2v) is 5.64. The van der Waals surface area contributed by atoms with Crippen LogP contribution in [0, 0.1) is 5.92 Å². The second-order valence-electron chi connectivity index (χ2n) is 5.64. The van der Waals surface area contributed by atoms with Crippen LogP contribution in [0.5, 0.6) is 0 Å². The molecule has 2 aromatic rings. The van der Waals surface area contributed by atoms with Crippen LogP contribution in [-0.2, 0) is 19.4 Å². The minimum absolute atomic E-state index is 0.640. The van der Waals surface area contributed by atoms with Crippen molar-refractivity contribution in [3.63, 3.8) is 0 Å². The van der Waals surface area contributed by atoms with E-state index in [-0.39, 0.29) is 0 Å². The summed E-state index contributed by atoms with van der Waals surface area (Å²) in [5, 5.41) is 7.95. The van der Waals surface area contributed by atoms with Crippen molar-refractivity contribution in [3.8, 4) is 5.82 Å². The lowest BCUT2D eigenvalue weighted by atomic mass is 10.2. The van der Waals surface area contributed by atoms with Gasteiger partial charge >= 0.3 is 0 Å². The van der Waals surface area contributed by atoms with Crippen molar-refractivity contribution >= 4 is 0 Å². The van der Waals surface area contributed by atoms with Crippen molar-refractivity contribution in [2.24, 2.45) is 5.92 Å². The summed E-state index contributed by atoms with van der Waals surface area (Å²) in [5.74, 6) is 1.43. The Balaban J connectivity index is 2.09. The molecule has 0 spiro atoms. The van der Waals surface area contributed by atoms with Crippen LogP contribution in [0.15, 0.2) is 18.5 Å². The molecule has 2 heterocycles. The standard InChI is InChI=1S/C16H25N5/c1-5-13-7-15(6-2)21(20-13)16-11-18-14(10-19-16)9-17-8-12(3)4/h7,10-12,17H,5-6,8-9H2,1-4H3. The molecule has 0 fully saturated rings. The van der Waals surface area contributed by atoms with E-state index in [0.29, 0.717) is 5.92 Å². The van der Waals surface area contributed by atoms with Gasteiger partial charge in [0.1, 0.15) is 0 Å². The van der Waals surface area contributed by atoms with E-state index in [4.69, 9.17) is 0 Å². The molecule has 21 heavy (non-hydrogen) atoms. The largest absolute Gasteiger partial charge is 0.311 e. The van der Waals surface area contributed by atoms with Gasteiger partial charge in [-0.1, -0.05) is 27.7 Å². The van der Waals surface area contributed by atoms with Crippen LogP contribution in [0.2, 0.25) is 0 Å². The van der Waals surface area contributed by atoms with E-state index in [0.717, 1.165) is 43.1 Å². The normalized spacial score (nSPS) is 11.3. The average molecular weight is 287 g/mol. The first-order valence-corrected chi connectivity index (χ1v) is 7.73. The highest BCUT2D eigenvalue weighted by atomic mass is 15.3. The van der Waals surface area contributed by atoms with Gasteiger partial charge in [0.15, 0.2) is 5.82 Å². The molecule has 0 saturated heterocycles. The van der Waals surface area contributed by atoms with Gasteiger partial charge in [0, 0.05) is 12.2 Å². The van der Waals surface area contributed by atoms with Gasteiger partial charge in [-0.05, 0) is 31.4 Å². The number of hydrogen-bond donors (Lipinski definition) is 1. The van der Waals surface area contributed by atoms with Crippen LogP contribution in [-0.4, -0.2) is 26.3 Å². The SMILES string of the molecule is CCc1cc(CC)n(-c2cnc(CNCC(C)C)cn2)n1. The van der Waals surface area contributed by atoms with E-state index in [9.17, 15) is 0 Å². The van der Waals surface area contributed by atoms with E-state index in [1.165, 1.54) is 5.69 Å². The Hall–Kier alpha value is -1.75. The predicted octanol–water partition coefficient (Wildman–Crippen LogP) is 2.53. The van der Waals surface area contributed by atoms with Gasteiger partial charge in [-0.2, -0.15) is 5.10 Å². The molecule has 0 atom stereocenters. The monoisotopic (exact) mass is 287 g/mol. The van der Waals surface area contributed by atoms with Gasteiger partial charge in [-0.3, -0.25) is 4.98 Å². The Labute approximate surface area is 126 Å². The first-order valence-electron chi connectivity index (χ1n) is 7.73. The number of rotatable bonds is 7. The summed E-state index contributed by atoms with van der Waals surface area (Å²) < 4.78 is 1.90. The maximum absolute atomic E-state index is 4.58. The van der Waals surface area contributed by atoms with E-state index >= 15 is 0 Å². The maximum Gasteiger partial charge on any atom is 0.172 e. The third-order valence-corrected chi connectivity index (χ3v) is 3.33. The number of nitrogens with zero attached hydrogens (tertiary/aromatic N) is 4. The zero-order chi connectivity index (χ0) is 15.2. The molecule has 0 amide bonds. The first kappa shape index (κ1) is 15.6. The van der Waals surface area contributed by atoms with Crippen molar-refractivity contribution < 1.29 is 0 Å². The summed E-state index contributed by atoms with van der Waals surface area (Å²) in [6.45, 7) is 10.4. The lowest BCUT2D eigenvalue weighted by Gasteiger charge is -2.08. The Bertz CT molecular complexity index is 557. The van der Waals surface area contributed by atoms with Crippen LogP contribution in [0.1, 0.15) is 44.8 Å². The predicted molar refractivity (Wildman–Crippen MR) is 84.5 cm³/mol. The summed E-state index contributed by atoms with van der Waals surface area (Å²) in [4.78, 5) is 8.98. The molecule has 114 valence electrons. The van der Waals surface area contributed by atoms with Crippen LogP contribution < -0.4 is 5.32 Å². The van der Waals surface area contributed by atoms with Crippen LogP contribution in [0.25, 0.3) is 5.82 Å². The van der Waals surface area contributed by atoms with Crippen molar-refractivity contribution in [1.82, 2.24) is 25.1 Å². The molecule has 1 N–H and O–H groups in total. The number of aromatic nitrogens is 4. The lowest BCUT2D eigenvalue weighted by Crippen LogP contribution is -2.19. The first-order chi connectivity index (χ1) is 10.1. The molecule has 0 aromatic carbocycles. The topological polar surface area (TPSA) is 55.6 Å². The summed E-state index contributed by atoms with van der Waals surface area (Å²) in [5.41, 5.74) is 3.23. The van der Waals surface area contributed by atoms with Gasteiger partial charge in [0.05, 0.1) is 23.8 Å². The molecule has 0 aliphatic heterocycles. The lowest BCUT2D eigenvalue weighted by molar-refractivity contribution is 0.547. The number of aryl methyl sites for hydroxylation is 2. The third-order valence-electron chi connectivity index (χ3n) is 3.33. The Kier molecular flexibility index (Phi) is 5.44. The highest BCUT2D eigenvalue weighted by Gasteiger charge is 2.09. The zero-order valence-electron chi connectivity index (χ0n) is 13.4.